The van der Waals surface area contributed by atoms with Crippen molar-refractivity contribution in [1.29, 1.82) is 0 Å². The van der Waals surface area contributed by atoms with Gasteiger partial charge in [0.05, 0.1) is 6.61 Å². The molecule has 1 aliphatic heterocycles. The molecule has 2 atom stereocenters. The van der Waals surface area contributed by atoms with Crippen molar-refractivity contribution in [3.05, 3.63) is 0 Å². The van der Waals surface area contributed by atoms with Crippen LogP contribution in [0.4, 0.5) is 4.79 Å². The fourth-order valence-corrected chi connectivity index (χ4v) is 2.98. The lowest BCUT2D eigenvalue weighted by molar-refractivity contribution is 0.157. The lowest BCUT2D eigenvalue weighted by atomic mass is 10.0. The van der Waals surface area contributed by atoms with E-state index in [1.807, 2.05) is 11.6 Å². The normalized spacial score (nSPS) is 26.5. The van der Waals surface area contributed by atoms with Gasteiger partial charge < -0.3 is 4.74 Å². The van der Waals surface area contributed by atoms with Gasteiger partial charge in [-0.15, -0.1) is 11.6 Å². The van der Waals surface area contributed by atoms with Crippen LogP contribution < -0.4 is 4.72 Å². The molecule has 17 heavy (non-hydrogen) atoms. The third-order valence-electron chi connectivity index (χ3n) is 2.59. The molecule has 0 radical (unpaired) electrons. The van der Waals surface area contributed by atoms with Crippen LogP contribution in [-0.4, -0.2) is 43.9 Å². The first-order chi connectivity index (χ1) is 7.86. The average molecular weight is 285 g/mol. The number of amides is 1. The molecule has 1 saturated heterocycles. The summed E-state index contributed by atoms with van der Waals surface area (Å²) in [7, 11) is -3.81. The van der Waals surface area contributed by atoms with Crippen LogP contribution in [0.1, 0.15) is 20.3 Å². The van der Waals surface area contributed by atoms with Crippen molar-refractivity contribution in [1.82, 2.24) is 9.03 Å². The summed E-state index contributed by atoms with van der Waals surface area (Å²) in [6.07, 6.45) is -0.375. The summed E-state index contributed by atoms with van der Waals surface area (Å²) in [6.45, 7) is 4.23. The minimum Gasteiger partial charge on any atom is -0.449 e. The van der Waals surface area contributed by atoms with Gasteiger partial charge >= 0.3 is 16.3 Å². The first-order valence-corrected chi connectivity index (χ1v) is 7.33. The number of alkyl halides is 1. The third-order valence-corrected chi connectivity index (χ3v) is 4.68. The molecule has 1 N–H and O–H groups in total. The maximum Gasteiger partial charge on any atom is 0.421 e. The maximum atomic E-state index is 11.8. The van der Waals surface area contributed by atoms with E-state index in [0.717, 1.165) is 0 Å². The first-order valence-electron chi connectivity index (χ1n) is 5.45. The lowest BCUT2D eigenvalue weighted by Gasteiger charge is -2.32. The molecule has 8 heteroatoms. The summed E-state index contributed by atoms with van der Waals surface area (Å²) in [5, 5.41) is -0.0240. The Bertz CT molecular complexity index is 373. The van der Waals surface area contributed by atoms with E-state index in [4.69, 9.17) is 11.6 Å². The third kappa shape index (κ3) is 4.01. The van der Waals surface area contributed by atoms with Gasteiger partial charge in [-0.2, -0.15) is 12.7 Å². The predicted octanol–water partition coefficient (Wildman–Crippen LogP) is 0.926. The number of rotatable bonds is 3. The molecule has 0 spiro atoms. The minimum absolute atomic E-state index is 0.0240. The number of nitrogens with zero attached hydrogens (tertiary/aromatic N) is 1. The lowest BCUT2D eigenvalue weighted by Crippen LogP contribution is -2.49. The molecule has 2 unspecified atom stereocenters. The predicted molar refractivity (Wildman–Crippen MR) is 64.1 cm³/mol. The van der Waals surface area contributed by atoms with Gasteiger partial charge in [0.15, 0.2) is 0 Å². The molecule has 0 aromatic rings. The highest BCUT2D eigenvalue weighted by Gasteiger charge is 2.32. The number of hydrogen-bond donors (Lipinski definition) is 1. The monoisotopic (exact) mass is 284 g/mol. The topological polar surface area (TPSA) is 75.7 Å². The summed E-state index contributed by atoms with van der Waals surface area (Å²) >= 11 is 6.00. The molecule has 0 aliphatic carbocycles. The summed E-state index contributed by atoms with van der Waals surface area (Å²) in [5.41, 5.74) is 0. The zero-order chi connectivity index (χ0) is 13.1. The van der Waals surface area contributed by atoms with Crippen molar-refractivity contribution in [2.75, 3.05) is 19.7 Å². The molecule has 1 aliphatic rings. The Hall–Kier alpha value is -0.530. The van der Waals surface area contributed by atoms with Crippen LogP contribution in [-0.2, 0) is 14.9 Å². The molecular formula is C9H17ClN2O4S. The standard InChI is InChI=1S/C9H17ClN2O4S/c1-3-16-9(13)11-17(14,15)12-5-4-8(10)7(2)6-12/h7-8H,3-6H2,1-2H3,(H,11,13). The van der Waals surface area contributed by atoms with Crippen LogP contribution in [0.2, 0.25) is 0 Å². The molecule has 1 fully saturated rings. The van der Waals surface area contributed by atoms with Gasteiger partial charge in [0.1, 0.15) is 0 Å². The van der Waals surface area contributed by atoms with E-state index in [0.29, 0.717) is 19.5 Å². The van der Waals surface area contributed by atoms with Crippen LogP contribution >= 0.6 is 11.6 Å². The maximum absolute atomic E-state index is 11.8. The number of carbonyl (C=O) groups excluding carboxylic acids is 1. The van der Waals surface area contributed by atoms with Gasteiger partial charge in [0, 0.05) is 18.5 Å². The summed E-state index contributed by atoms with van der Waals surface area (Å²) in [6, 6.07) is 0. The second-order valence-electron chi connectivity index (χ2n) is 3.97. The Labute approximate surface area is 106 Å². The van der Waals surface area contributed by atoms with E-state index in [2.05, 4.69) is 4.74 Å². The SMILES string of the molecule is CCOC(=O)NS(=O)(=O)N1CCC(Cl)C(C)C1. The molecule has 100 valence electrons. The van der Waals surface area contributed by atoms with Gasteiger partial charge in [-0.1, -0.05) is 6.92 Å². The number of piperidine rings is 1. The molecule has 0 aromatic carbocycles. The number of ether oxygens (including phenoxy) is 1. The molecule has 0 bridgehead atoms. The smallest absolute Gasteiger partial charge is 0.421 e. The molecule has 1 heterocycles. The largest absolute Gasteiger partial charge is 0.449 e. The van der Waals surface area contributed by atoms with Gasteiger partial charge in [-0.05, 0) is 19.3 Å². The Kier molecular flexibility index (Phi) is 5.03. The Morgan fingerprint density at radius 2 is 2.24 bits per heavy atom. The van der Waals surface area contributed by atoms with Crippen LogP contribution in [0.3, 0.4) is 0 Å². The van der Waals surface area contributed by atoms with Crippen molar-refractivity contribution in [3.63, 3.8) is 0 Å². The minimum atomic E-state index is -3.81. The zero-order valence-corrected chi connectivity index (χ0v) is 11.4. The van der Waals surface area contributed by atoms with Crippen molar-refractivity contribution >= 4 is 27.9 Å². The number of carbonyl (C=O) groups is 1. The van der Waals surface area contributed by atoms with E-state index in [1.165, 1.54) is 4.31 Å². The Morgan fingerprint density at radius 1 is 1.59 bits per heavy atom. The number of hydrogen-bond acceptors (Lipinski definition) is 4. The van der Waals surface area contributed by atoms with Gasteiger partial charge in [0.2, 0.25) is 0 Å². The van der Waals surface area contributed by atoms with Crippen molar-refractivity contribution < 1.29 is 17.9 Å². The van der Waals surface area contributed by atoms with E-state index in [1.54, 1.807) is 6.92 Å². The molecule has 6 nitrogen and oxygen atoms in total. The fourth-order valence-electron chi connectivity index (χ4n) is 1.63. The van der Waals surface area contributed by atoms with E-state index in [-0.39, 0.29) is 17.9 Å². The highest BCUT2D eigenvalue weighted by atomic mass is 35.5. The molecule has 0 aromatic heterocycles. The van der Waals surface area contributed by atoms with Crippen molar-refractivity contribution in [2.45, 2.75) is 25.6 Å². The molecular weight excluding hydrogens is 268 g/mol. The van der Waals surface area contributed by atoms with Crippen molar-refractivity contribution in [3.8, 4) is 0 Å². The summed E-state index contributed by atoms with van der Waals surface area (Å²) < 4.78 is 31.2. The van der Waals surface area contributed by atoms with E-state index in [9.17, 15) is 13.2 Å². The fraction of sp³-hybridized carbons (Fsp3) is 0.889. The van der Waals surface area contributed by atoms with Crippen LogP contribution in [0.15, 0.2) is 0 Å². The Morgan fingerprint density at radius 3 is 2.76 bits per heavy atom. The molecule has 1 amide bonds. The average Bonchev–Trinajstić information content (AvgIpc) is 2.21. The van der Waals surface area contributed by atoms with Crippen LogP contribution in [0.25, 0.3) is 0 Å². The first kappa shape index (κ1) is 14.5. The zero-order valence-electron chi connectivity index (χ0n) is 9.85. The van der Waals surface area contributed by atoms with Crippen LogP contribution in [0, 0.1) is 5.92 Å². The van der Waals surface area contributed by atoms with Gasteiger partial charge in [-0.3, -0.25) is 0 Å². The molecule has 1 rings (SSSR count). The highest BCUT2D eigenvalue weighted by Crippen LogP contribution is 2.23. The summed E-state index contributed by atoms with van der Waals surface area (Å²) in [4.78, 5) is 11.1. The highest BCUT2D eigenvalue weighted by molar-refractivity contribution is 7.87. The van der Waals surface area contributed by atoms with Gasteiger partial charge in [0.25, 0.3) is 0 Å². The number of halogens is 1. The molecule has 0 saturated carbocycles. The van der Waals surface area contributed by atoms with Crippen LogP contribution in [0.5, 0.6) is 0 Å². The van der Waals surface area contributed by atoms with Gasteiger partial charge in [-0.25, -0.2) is 9.52 Å². The quantitative estimate of drug-likeness (QED) is 0.782. The second-order valence-corrected chi connectivity index (χ2v) is 6.20. The van der Waals surface area contributed by atoms with E-state index < -0.39 is 16.3 Å². The van der Waals surface area contributed by atoms with Crippen molar-refractivity contribution in [2.24, 2.45) is 5.92 Å². The summed E-state index contributed by atoms with van der Waals surface area (Å²) in [5.74, 6) is 0.0594. The second kappa shape index (κ2) is 5.88. The Balaban J connectivity index is 2.62. The number of nitrogens with one attached hydrogen (secondary N) is 1. The van der Waals surface area contributed by atoms with E-state index >= 15 is 0 Å².